The van der Waals surface area contributed by atoms with Crippen LogP contribution in [0.4, 0.5) is 0 Å². The molecular formula is C19H25N5O. The molecule has 2 fully saturated rings. The topological polar surface area (TPSA) is 65.1 Å². The summed E-state index contributed by atoms with van der Waals surface area (Å²) in [6.45, 7) is 8.22. The van der Waals surface area contributed by atoms with Crippen LogP contribution in [0, 0.1) is 12.8 Å². The highest BCUT2D eigenvalue weighted by atomic mass is 16.2. The van der Waals surface area contributed by atoms with Gasteiger partial charge in [0.05, 0.1) is 5.41 Å². The second-order valence-corrected chi connectivity index (χ2v) is 7.38. The number of hydrogen-bond donors (Lipinski definition) is 1. The van der Waals surface area contributed by atoms with Gasteiger partial charge in [0, 0.05) is 45.1 Å². The Bertz CT molecular complexity index is 758. The highest BCUT2D eigenvalue weighted by Crippen LogP contribution is 2.44. The molecule has 0 bridgehead atoms. The zero-order valence-corrected chi connectivity index (χ0v) is 14.9. The zero-order chi connectivity index (χ0) is 17.4. The van der Waals surface area contributed by atoms with E-state index in [1.165, 1.54) is 5.56 Å². The highest BCUT2D eigenvalue weighted by Gasteiger charge is 2.56. The number of likely N-dealkylation sites (tertiary alicyclic amines) is 2. The third kappa shape index (κ3) is 2.84. The third-order valence-corrected chi connectivity index (χ3v) is 5.63. The quantitative estimate of drug-likeness (QED) is 0.921. The summed E-state index contributed by atoms with van der Waals surface area (Å²) >= 11 is 0. The molecule has 0 saturated carbocycles. The van der Waals surface area contributed by atoms with Crippen molar-refractivity contribution in [2.75, 3.05) is 26.2 Å². The van der Waals surface area contributed by atoms with Crippen molar-refractivity contribution < 1.29 is 4.79 Å². The Kier molecular flexibility index (Phi) is 4.07. The number of carbonyl (C=O) groups is 1. The Balaban J connectivity index is 1.60. The lowest BCUT2D eigenvalue weighted by Crippen LogP contribution is -2.40. The number of aromatic amines is 1. The number of carbonyl (C=O) groups excluding carboxylic acids is 1. The van der Waals surface area contributed by atoms with Gasteiger partial charge in [0.15, 0.2) is 5.82 Å². The van der Waals surface area contributed by atoms with Gasteiger partial charge >= 0.3 is 0 Å². The fourth-order valence-corrected chi connectivity index (χ4v) is 4.43. The van der Waals surface area contributed by atoms with Crippen molar-refractivity contribution in [2.45, 2.75) is 32.2 Å². The molecule has 6 heteroatoms. The van der Waals surface area contributed by atoms with Crippen molar-refractivity contribution in [1.82, 2.24) is 25.0 Å². The summed E-state index contributed by atoms with van der Waals surface area (Å²) in [5.41, 5.74) is 1.18. The molecule has 132 valence electrons. The van der Waals surface area contributed by atoms with Gasteiger partial charge in [-0.1, -0.05) is 37.3 Å². The first-order valence-electron chi connectivity index (χ1n) is 9.04. The van der Waals surface area contributed by atoms with Crippen LogP contribution < -0.4 is 0 Å². The number of amides is 1. The van der Waals surface area contributed by atoms with E-state index in [0.29, 0.717) is 12.3 Å². The Hall–Kier alpha value is -2.21. The standard InChI is InChI=1S/C19H25N5O/c1-3-17(25)24-11-16-10-23(9-15-7-5-4-6-8-15)12-19(16,13-24)18-20-14(2)21-22-18/h4-8,16H,3,9-13H2,1-2H3,(H,20,21,22)/t16-,19-/m1/s1. The first-order valence-corrected chi connectivity index (χ1v) is 9.04. The maximum absolute atomic E-state index is 12.3. The van der Waals surface area contributed by atoms with Crippen molar-refractivity contribution in [3.8, 4) is 0 Å². The Morgan fingerprint density at radius 1 is 1.28 bits per heavy atom. The number of hydrogen-bond acceptors (Lipinski definition) is 4. The lowest BCUT2D eigenvalue weighted by atomic mass is 9.80. The maximum atomic E-state index is 12.3. The van der Waals surface area contributed by atoms with E-state index in [9.17, 15) is 4.79 Å². The van der Waals surface area contributed by atoms with Gasteiger partial charge in [-0.05, 0) is 12.5 Å². The molecule has 1 N–H and O–H groups in total. The van der Waals surface area contributed by atoms with Crippen LogP contribution in [0.5, 0.6) is 0 Å². The Morgan fingerprint density at radius 3 is 2.76 bits per heavy atom. The van der Waals surface area contributed by atoms with E-state index < -0.39 is 0 Å². The van der Waals surface area contributed by atoms with Gasteiger partial charge in [0.1, 0.15) is 5.82 Å². The maximum Gasteiger partial charge on any atom is 0.222 e. The first kappa shape index (κ1) is 16.3. The monoisotopic (exact) mass is 339 g/mol. The van der Waals surface area contributed by atoms with E-state index in [4.69, 9.17) is 0 Å². The van der Waals surface area contributed by atoms with Crippen molar-refractivity contribution in [3.63, 3.8) is 0 Å². The smallest absolute Gasteiger partial charge is 0.222 e. The minimum atomic E-state index is -0.148. The van der Waals surface area contributed by atoms with Crippen LogP contribution in [0.3, 0.4) is 0 Å². The van der Waals surface area contributed by atoms with Gasteiger partial charge in [0.2, 0.25) is 5.91 Å². The second kappa shape index (κ2) is 6.26. The molecule has 0 spiro atoms. The number of aryl methyl sites for hydroxylation is 1. The molecule has 2 aliphatic rings. The molecule has 6 nitrogen and oxygen atoms in total. The predicted molar refractivity (Wildman–Crippen MR) is 94.9 cm³/mol. The summed E-state index contributed by atoms with van der Waals surface area (Å²) in [6.07, 6.45) is 0.559. The van der Waals surface area contributed by atoms with Gasteiger partial charge < -0.3 is 4.90 Å². The number of benzene rings is 1. The summed E-state index contributed by atoms with van der Waals surface area (Å²) in [4.78, 5) is 21.4. The van der Waals surface area contributed by atoms with Crippen LogP contribution in [0.1, 0.15) is 30.6 Å². The Labute approximate surface area is 148 Å². The molecule has 0 radical (unpaired) electrons. The predicted octanol–water partition coefficient (Wildman–Crippen LogP) is 1.74. The normalized spacial score (nSPS) is 26.2. The number of H-pyrrole nitrogens is 1. The van der Waals surface area contributed by atoms with Crippen LogP contribution in [-0.4, -0.2) is 57.1 Å². The summed E-state index contributed by atoms with van der Waals surface area (Å²) in [5.74, 6) is 2.33. The minimum Gasteiger partial charge on any atom is -0.341 e. The molecular weight excluding hydrogens is 314 g/mol. The van der Waals surface area contributed by atoms with E-state index in [1.54, 1.807) is 0 Å². The molecule has 25 heavy (non-hydrogen) atoms. The minimum absolute atomic E-state index is 0.148. The van der Waals surface area contributed by atoms with E-state index in [1.807, 2.05) is 24.8 Å². The highest BCUT2D eigenvalue weighted by molar-refractivity contribution is 5.76. The summed E-state index contributed by atoms with van der Waals surface area (Å²) in [7, 11) is 0. The van der Waals surface area contributed by atoms with Crippen LogP contribution in [0.25, 0.3) is 0 Å². The molecule has 0 aliphatic carbocycles. The SMILES string of the molecule is CCC(=O)N1C[C@H]2CN(Cc3ccccc3)C[C@@]2(c2n[nH]c(C)n2)C1. The van der Waals surface area contributed by atoms with Crippen molar-refractivity contribution >= 4 is 5.91 Å². The van der Waals surface area contributed by atoms with Crippen LogP contribution in [-0.2, 0) is 16.8 Å². The molecule has 1 aromatic heterocycles. The van der Waals surface area contributed by atoms with Crippen LogP contribution in [0.15, 0.2) is 30.3 Å². The van der Waals surface area contributed by atoms with Crippen LogP contribution in [0.2, 0.25) is 0 Å². The Morgan fingerprint density at radius 2 is 2.08 bits per heavy atom. The number of nitrogens with zero attached hydrogens (tertiary/aromatic N) is 4. The van der Waals surface area contributed by atoms with E-state index in [2.05, 4.69) is 44.3 Å². The van der Waals surface area contributed by atoms with E-state index in [-0.39, 0.29) is 11.3 Å². The number of aromatic nitrogens is 3. The fourth-order valence-electron chi connectivity index (χ4n) is 4.43. The summed E-state index contributed by atoms with van der Waals surface area (Å²) in [6, 6.07) is 10.6. The van der Waals surface area contributed by atoms with Gasteiger partial charge in [-0.3, -0.25) is 14.8 Å². The molecule has 1 aromatic carbocycles. The number of fused-ring (bicyclic) bond motifs is 1. The molecule has 4 rings (SSSR count). The molecule has 1 amide bonds. The lowest BCUT2D eigenvalue weighted by Gasteiger charge is -2.26. The molecule has 0 unspecified atom stereocenters. The molecule has 2 aliphatic heterocycles. The number of rotatable bonds is 4. The van der Waals surface area contributed by atoms with Crippen molar-refractivity contribution in [2.24, 2.45) is 5.92 Å². The van der Waals surface area contributed by atoms with Gasteiger partial charge in [-0.25, -0.2) is 4.98 Å². The zero-order valence-electron chi connectivity index (χ0n) is 14.9. The van der Waals surface area contributed by atoms with Gasteiger partial charge in [-0.2, -0.15) is 5.10 Å². The van der Waals surface area contributed by atoms with Crippen molar-refractivity contribution in [3.05, 3.63) is 47.5 Å². The third-order valence-electron chi connectivity index (χ3n) is 5.63. The van der Waals surface area contributed by atoms with Gasteiger partial charge in [-0.15, -0.1) is 0 Å². The summed E-state index contributed by atoms with van der Waals surface area (Å²) < 4.78 is 0. The van der Waals surface area contributed by atoms with Crippen LogP contribution >= 0.6 is 0 Å². The summed E-state index contributed by atoms with van der Waals surface area (Å²) in [5, 5.41) is 7.48. The lowest BCUT2D eigenvalue weighted by molar-refractivity contribution is -0.130. The molecule has 2 atom stereocenters. The molecule has 3 heterocycles. The molecule has 2 saturated heterocycles. The first-order chi connectivity index (χ1) is 12.1. The van der Waals surface area contributed by atoms with E-state index in [0.717, 1.165) is 44.4 Å². The second-order valence-electron chi connectivity index (χ2n) is 7.38. The average Bonchev–Trinajstić information content (AvgIpc) is 3.27. The largest absolute Gasteiger partial charge is 0.341 e. The molecule has 2 aromatic rings. The van der Waals surface area contributed by atoms with E-state index >= 15 is 0 Å². The van der Waals surface area contributed by atoms with Crippen molar-refractivity contribution in [1.29, 1.82) is 0 Å². The number of nitrogens with one attached hydrogen (secondary N) is 1. The van der Waals surface area contributed by atoms with Gasteiger partial charge in [0.25, 0.3) is 0 Å². The fraction of sp³-hybridized carbons (Fsp3) is 0.526. The average molecular weight is 339 g/mol.